The van der Waals surface area contributed by atoms with E-state index < -0.39 is 35.4 Å². The van der Waals surface area contributed by atoms with Crippen LogP contribution in [0.4, 0.5) is 4.79 Å². The predicted octanol–water partition coefficient (Wildman–Crippen LogP) is 0.905. The fourth-order valence-electron chi connectivity index (χ4n) is 2.17. The summed E-state index contributed by atoms with van der Waals surface area (Å²) in [4.78, 5) is 41.5. The van der Waals surface area contributed by atoms with Gasteiger partial charge in [-0.1, -0.05) is 5.16 Å². The number of nitrogens with two attached hydrogens (primary N) is 1. The van der Waals surface area contributed by atoms with Gasteiger partial charge in [0, 0.05) is 6.54 Å². The number of amidine groups is 1. The summed E-state index contributed by atoms with van der Waals surface area (Å²) >= 11 is 0. The van der Waals surface area contributed by atoms with Crippen LogP contribution in [0, 0.1) is 0 Å². The number of esters is 2. The first-order chi connectivity index (χ1) is 12.1. The van der Waals surface area contributed by atoms with Crippen LogP contribution in [-0.2, 0) is 28.6 Å². The monoisotopic (exact) mass is 371 g/mol. The highest BCUT2D eigenvalue weighted by Gasteiger charge is 2.35. The van der Waals surface area contributed by atoms with Crippen LogP contribution in [0.5, 0.6) is 0 Å². The highest BCUT2D eigenvalue weighted by Crippen LogP contribution is 2.21. The molecule has 1 heterocycles. The predicted molar refractivity (Wildman–Crippen MR) is 90.8 cm³/mol. The van der Waals surface area contributed by atoms with E-state index in [1.807, 2.05) is 0 Å². The summed E-state index contributed by atoms with van der Waals surface area (Å²) in [6, 6.07) is -0.540. The minimum atomic E-state index is -0.928. The van der Waals surface area contributed by atoms with E-state index in [1.54, 1.807) is 20.8 Å². The Labute approximate surface area is 151 Å². The molecule has 1 rings (SSSR count). The first-order valence-corrected chi connectivity index (χ1v) is 7.97. The molecule has 0 aromatic rings. The number of hydrogen-bond donors (Lipinski definition) is 1. The second kappa shape index (κ2) is 9.07. The summed E-state index contributed by atoms with van der Waals surface area (Å²) in [6.45, 7) is 5.74. The Kier molecular flexibility index (Phi) is 7.41. The van der Waals surface area contributed by atoms with Gasteiger partial charge in [-0.25, -0.2) is 14.4 Å². The Bertz CT molecular complexity index is 607. The summed E-state index contributed by atoms with van der Waals surface area (Å²) in [5, 5.41) is 3.66. The zero-order valence-corrected chi connectivity index (χ0v) is 15.6. The van der Waals surface area contributed by atoms with E-state index in [0.717, 1.165) is 20.3 Å². The average molecular weight is 371 g/mol. The van der Waals surface area contributed by atoms with Gasteiger partial charge >= 0.3 is 18.0 Å². The van der Waals surface area contributed by atoms with Gasteiger partial charge in [0.2, 0.25) is 5.76 Å². The van der Waals surface area contributed by atoms with Crippen LogP contribution in [0.1, 0.15) is 33.6 Å². The lowest BCUT2D eigenvalue weighted by Crippen LogP contribution is -2.46. The highest BCUT2D eigenvalue weighted by atomic mass is 16.7. The lowest BCUT2D eigenvalue weighted by atomic mass is 10.2. The van der Waals surface area contributed by atoms with Crippen molar-refractivity contribution in [2.45, 2.75) is 45.3 Å². The van der Waals surface area contributed by atoms with Crippen molar-refractivity contribution in [3.8, 4) is 0 Å². The SMILES string of the molecule is COC(=O)C=C(ON=C(N)[C@@H]1CCCN1C(=O)OC(C)(C)C)C(=O)OC. The number of carbonyl (C=O) groups excluding carboxylic acids is 3. The zero-order chi connectivity index (χ0) is 19.9. The minimum absolute atomic E-state index is 0.0342. The summed E-state index contributed by atoms with van der Waals surface area (Å²) in [6.07, 6.45) is 1.54. The number of carbonyl (C=O) groups is 3. The molecule has 1 fully saturated rings. The van der Waals surface area contributed by atoms with E-state index >= 15 is 0 Å². The van der Waals surface area contributed by atoms with Gasteiger partial charge in [-0.3, -0.25) is 4.90 Å². The Hall–Kier alpha value is -2.78. The molecule has 0 bridgehead atoms. The summed E-state index contributed by atoms with van der Waals surface area (Å²) in [7, 11) is 2.26. The number of ether oxygens (including phenoxy) is 3. The topological polar surface area (TPSA) is 130 Å². The second-order valence-electron chi connectivity index (χ2n) is 6.46. The van der Waals surface area contributed by atoms with Gasteiger partial charge in [-0.15, -0.1) is 0 Å². The number of nitrogens with zero attached hydrogens (tertiary/aromatic N) is 2. The third-order valence-electron chi connectivity index (χ3n) is 3.31. The molecule has 0 saturated carbocycles. The van der Waals surface area contributed by atoms with Gasteiger partial charge in [0.15, 0.2) is 5.84 Å². The second-order valence-corrected chi connectivity index (χ2v) is 6.46. The molecule has 1 amide bonds. The quantitative estimate of drug-likeness (QED) is 0.143. The Morgan fingerprint density at radius 1 is 1.19 bits per heavy atom. The normalized spacial score (nSPS) is 18.3. The molecule has 26 heavy (non-hydrogen) atoms. The number of hydrogen-bond acceptors (Lipinski definition) is 8. The van der Waals surface area contributed by atoms with Crippen molar-refractivity contribution in [3.05, 3.63) is 11.8 Å². The van der Waals surface area contributed by atoms with Crippen molar-refractivity contribution in [2.24, 2.45) is 10.9 Å². The average Bonchev–Trinajstić information content (AvgIpc) is 3.05. The molecule has 0 aromatic heterocycles. The summed E-state index contributed by atoms with van der Waals surface area (Å²) in [5.74, 6) is -2.28. The van der Waals surface area contributed by atoms with Crippen LogP contribution in [0.2, 0.25) is 0 Å². The van der Waals surface area contributed by atoms with Crippen LogP contribution in [0.25, 0.3) is 0 Å². The standard InChI is InChI=1S/C16H25N3O7/c1-16(2,3)25-15(22)19-8-6-7-10(19)13(17)18-26-11(14(21)24-5)9-12(20)23-4/h9-10H,6-8H2,1-5H3,(H2,17,18)/t10-/m0/s1. The Morgan fingerprint density at radius 2 is 1.85 bits per heavy atom. The number of amides is 1. The first-order valence-electron chi connectivity index (χ1n) is 7.97. The van der Waals surface area contributed by atoms with Crippen molar-refractivity contribution < 1.29 is 33.4 Å². The van der Waals surface area contributed by atoms with Crippen LogP contribution < -0.4 is 5.73 Å². The molecule has 1 atom stereocenters. The van der Waals surface area contributed by atoms with E-state index in [1.165, 1.54) is 4.90 Å². The molecule has 0 radical (unpaired) electrons. The van der Waals surface area contributed by atoms with Gasteiger partial charge in [0.25, 0.3) is 0 Å². The number of oxime groups is 1. The molecule has 10 heteroatoms. The number of rotatable bonds is 5. The van der Waals surface area contributed by atoms with E-state index in [-0.39, 0.29) is 5.84 Å². The Morgan fingerprint density at radius 3 is 2.38 bits per heavy atom. The number of methoxy groups -OCH3 is 2. The van der Waals surface area contributed by atoms with Crippen molar-refractivity contribution in [1.82, 2.24) is 4.90 Å². The molecule has 146 valence electrons. The molecule has 10 nitrogen and oxygen atoms in total. The molecule has 1 saturated heterocycles. The summed E-state index contributed by atoms with van der Waals surface area (Å²) < 4.78 is 14.3. The summed E-state index contributed by atoms with van der Waals surface area (Å²) in [5.41, 5.74) is 5.26. The maximum absolute atomic E-state index is 12.3. The van der Waals surface area contributed by atoms with Crippen LogP contribution in [0.15, 0.2) is 17.0 Å². The maximum atomic E-state index is 12.3. The molecule has 0 aromatic carbocycles. The van der Waals surface area contributed by atoms with Gasteiger partial charge in [0.1, 0.15) is 5.60 Å². The molecule has 2 N–H and O–H groups in total. The van der Waals surface area contributed by atoms with Gasteiger partial charge < -0.3 is 24.8 Å². The van der Waals surface area contributed by atoms with Crippen LogP contribution in [-0.4, -0.2) is 61.2 Å². The van der Waals surface area contributed by atoms with Crippen molar-refractivity contribution in [1.29, 1.82) is 0 Å². The molecule has 0 spiro atoms. The van der Waals surface area contributed by atoms with Crippen LogP contribution >= 0.6 is 0 Å². The zero-order valence-electron chi connectivity index (χ0n) is 15.6. The van der Waals surface area contributed by atoms with Crippen molar-refractivity contribution in [3.63, 3.8) is 0 Å². The van der Waals surface area contributed by atoms with E-state index in [0.29, 0.717) is 19.4 Å². The van der Waals surface area contributed by atoms with Crippen molar-refractivity contribution >= 4 is 23.9 Å². The lowest BCUT2D eigenvalue weighted by molar-refractivity contribution is -0.142. The molecule has 0 aliphatic carbocycles. The third-order valence-corrected chi connectivity index (χ3v) is 3.31. The largest absolute Gasteiger partial charge is 0.466 e. The van der Waals surface area contributed by atoms with Gasteiger partial charge in [-0.05, 0) is 33.6 Å². The Balaban J connectivity index is 2.89. The van der Waals surface area contributed by atoms with E-state index in [2.05, 4.69) is 14.6 Å². The van der Waals surface area contributed by atoms with E-state index in [9.17, 15) is 14.4 Å². The lowest BCUT2D eigenvalue weighted by Gasteiger charge is -2.28. The molecular formula is C16H25N3O7. The number of likely N-dealkylation sites (tertiary alicyclic amines) is 1. The van der Waals surface area contributed by atoms with Gasteiger partial charge in [-0.2, -0.15) is 0 Å². The van der Waals surface area contributed by atoms with Crippen molar-refractivity contribution in [2.75, 3.05) is 20.8 Å². The maximum Gasteiger partial charge on any atom is 0.410 e. The molecule has 1 aliphatic rings. The van der Waals surface area contributed by atoms with Crippen LogP contribution in [0.3, 0.4) is 0 Å². The molecule has 1 aliphatic heterocycles. The molecule has 0 unspecified atom stereocenters. The minimum Gasteiger partial charge on any atom is -0.466 e. The fraction of sp³-hybridized carbons (Fsp3) is 0.625. The third kappa shape index (κ3) is 6.26. The molecular weight excluding hydrogens is 346 g/mol. The van der Waals surface area contributed by atoms with Gasteiger partial charge in [0.05, 0.1) is 26.3 Å². The van der Waals surface area contributed by atoms with E-state index in [4.69, 9.17) is 15.3 Å². The fourth-order valence-corrected chi connectivity index (χ4v) is 2.17. The smallest absolute Gasteiger partial charge is 0.410 e. The first kappa shape index (κ1) is 21.3. The highest BCUT2D eigenvalue weighted by molar-refractivity contribution is 5.95.